The predicted molar refractivity (Wildman–Crippen MR) is 154 cm³/mol. The molecular weight excluding hydrogens is 498 g/mol. The molecule has 3 aromatic rings. The van der Waals surface area contributed by atoms with E-state index >= 15 is 0 Å². The highest BCUT2D eigenvalue weighted by atomic mass is 32.1. The van der Waals surface area contributed by atoms with Gasteiger partial charge in [-0.2, -0.15) is 4.99 Å². The van der Waals surface area contributed by atoms with Crippen molar-refractivity contribution >= 4 is 34.9 Å². The van der Waals surface area contributed by atoms with E-state index in [1.54, 1.807) is 0 Å². The maximum Gasteiger partial charge on any atom is 0.231 e. The smallest absolute Gasteiger partial charge is 0.231 e. The molecule has 0 atom stereocenters. The molecule has 10 heteroatoms. The fraction of sp³-hybridized carbons (Fsp3) is 0.357. The third-order valence-electron chi connectivity index (χ3n) is 6.56. The van der Waals surface area contributed by atoms with Crippen molar-refractivity contribution in [1.82, 2.24) is 19.8 Å². The van der Waals surface area contributed by atoms with E-state index in [4.69, 9.17) is 26.7 Å². The lowest BCUT2D eigenvalue weighted by Gasteiger charge is -2.36. The molecule has 3 heterocycles. The first-order chi connectivity index (χ1) is 18.3. The van der Waals surface area contributed by atoms with Crippen LogP contribution in [0.5, 0.6) is 11.5 Å². The molecule has 0 spiro atoms. The highest BCUT2D eigenvalue weighted by Gasteiger charge is 2.22. The number of piperazine rings is 1. The van der Waals surface area contributed by atoms with Crippen molar-refractivity contribution in [3.05, 3.63) is 70.5 Å². The molecule has 38 heavy (non-hydrogen) atoms. The van der Waals surface area contributed by atoms with Crippen molar-refractivity contribution in [3.63, 3.8) is 0 Å². The van der Waals surface area contributed by atoms with Crippen molar-refractivity contribution in [2.75, 3.05) is 43.6 Å². The first kappa shape index (κ1) is 25.9. The molecule has 0 unspecified atom stereocenters. The van der Waals surface area contributed by atoms with Gasteiger partial charge in [-0.05, 0) is 80.9 Å². The quantitative estimate of drug-likeness (QED) is 0.289. The minimum atomic E-state index is 0.289. The van der Waals surface area contributed by atoms with Crippen LogP contribution in [0.1, 0.15) is 28.1 Å². The maximum atomic E-state index is 5.66. The summed E-state index contributed by atoms with van der Waals surface area (Å²) in [5.74, 6) is 2.78. The molecule has 9 nitrogen and oxygen atoms in total. The standard InChI is InChI=1S/C28H33N7O2S/c1-18-5-6-19(2)23(13-18)31-28(38)33-27(32-26-29-20(3)14-21(4)30-26)35-11-9-34(10-12-35)16-22-7-8-24-25(15-22)37-17-36-24/h5-8,13-15H,9-12,16-17H2,1-4H3,(H2,29,30,31,32,33,38). The molecule has 1 fully saturated rings. The van der Waals surface area contributed by atoms with Crippen molar-refractivity contribution in [2.24, 2.45) is 4.99 Å². The van der Waals surface area contributed by atoms with Gasteiger partial charge in [0.2, 0.25) is 23.8 Å². The molecule has 1 saturated heterocycles. The molecule has 2 N–H and O–H groups in total. The molecular formula is C28H33N7O2S. The molecule has 198 valence electrons. The Morgan fingerprint density at radius 3 is 2.39 bits per heavy atom. The summed E-state index contributed by atoms with van der Waals surface area (Å²) in [4.78, 5) is 18.5. The number of guanidine groups is 1. The summed E-state index contributed by atoms with van der Waals surface area (Å²) in [7, 11) is 0. The zero-order valence-electron chi connectivity index (χ0n) is 22.2. The van der Waals surface area contributed by atoms with Crippen LogP contribution < -0.4 is 20.1 Å². The number of hydrogen-bond donors (Lipinski definition) is 2. The first-order valence-corrected chi connectivity index (χ1v) is 13.2. The van der Waals surface area contributed by atoms with E-state index in [2.05, 4.69) is 74.6 Å². The Morgan fingerprint density at radius 1 is 0.895 bits per heavy atom. The minimum absolute atomic E-state index is 0.289. The summed E-state index contributed by atoms with van der Waals surface area (Å²) in [6.45, 7) is 12.5. The van der Waals surface area contributed by atoms with Crippen molar-refractivity contribution in [1.29, 1.82) is 0 Å². The van der Waals surface area contributed by atoms with Gasteiger partial charge in [0.05, 0.1) is 0 Å². The molecule has 2 aliphatic rings. The molecule has 0 saturated carbocycles. The van der Waals surface area contributed by atoms with Gasteiger partial charge < -0.3 is 19.7 Å². The van der Waals surface area contributed by atoms with E-state index in [9.17, 15) is 0 Å². The number of aromatic nitrogens is 2. The molecule has 2 aromatic carbocycles. The number of hydrogen-bond acceptors (Lipinski definition) is 6. The average Bonchev–Trinajstić information content (AvgIpc) is 3.34. The summed E-state index contributed by atoms with van der Waals surface area (Å²) in [6, 6.07) is 14.3. The van der Waals surface area contributed by atoms with Crippen molar-refractivity contribution in [3.8, 4) is 11.5 Å². The summed E-state index contributed by atoms with van der Waals surface area (Å²) in [5.41, 5.74) is 6.21. The number of aliphatic imine (C=N–C) groups is 1. The molecule has 1 aromatic heterocycles. The zero-order valence-corrected chi connectivity index (χ0v) is 23.1. The zero-order chi connectivity index (χ0) is 26.6. The second-order valence-electron chi connectivity index (χ2n) is 9.73. The van der Waals surface area contributed by atoms with Crippen molar-refractivity contribution < 1.29 is 9.47 Å². The molecule has 0 radical (unpaired) electrons. The molecule has 0 aliphatic carbocycles. The van der Waals surface area contributed by atoms with Gasteiger partial charge in [-0.1, -0.05) is 18.2 Å². The van der Waals surface area contributed by atoms with Crippen LogP contribution in [0.3, 0.4) is 0 Å². The second-order valence-corrected chi connectivity index (χ2v) is 10.1. The van der Waals surface area contributed by atoms with Gasteiger partial charge in [0.25, 0.3) is 0 Å². The minimum Gasteiger partial charge on any atom is -0.454 e. The number of nitrogens with zero attached hydrogens (tertiary/aromatic N) is 5. The van der Waals surface area contributed by atoms with Crippen LogP contribution in [0.2, 0.25) is 0 Å². The second kappa shape index (κ2) is 11.3. The lowest BCUT2D eigenvalue weighted by molar-refractivity contribution is 0.172. The van der Waals surface area contributed by atoms with E-state index in [-0.39, 0.29) is 6.79 Å². The Labute approximate surface area is 228 Å². The van der Waals surface area contributed by atoms with E-state index < -0.39 is 0 Å². The van der Waals surface area contributed by atoms with Gasteiger partial charge in [0.15, 0.2) is 11.5 Å². The topological polar surface area (TPSA) is 87.1 Å². The largest absolute Gasteiger partial charge is 0.454 e. The van der Waals surface area contributed by atoms with Crippen LogP contribution in [0, 0.1) is 27.7 Å². The fourth-order valence-corrected chi connectivity index (χ4v) is 4.78. The van der Waals surface area contributed by atoms with Gasteiger partial charge in [-0.15, -0.1) is 0 Å². The van der Waals surface area contributed by atoms with Crippen LogP contribution in [0.25, 0.3) is 0 Å². The summed E-state index contributed by atoms with van der Waals surface area (Å²) in [6.07, 6.45) is 0. The van der Waals surface area contributed by atoms with Gasteiger partial charge in [0, 0.05) is 49.8 Å². The normalized spacial score (nSPS) is 15.5. The average molecular weight is 532 g/mol. The highest BCUT2D eigenvalue weighted by Crippen LogP contribution is 2.32. The Bertz CT molecular complexity index is 1350. The number of rotatable bonds is 4. The van der Waals surface area contributed by atoms with Crippen molar-refractivity contribution in [2.45, 2.75) is 34.2 Å². The third kappa shape index (κ3) is 6.38. The number of fused-ring (bicyclic) bond motifs is 1. The highest BCUT2D eigenvalue weighted by molar-refractivity contribution is 7.80. The summed E-state index contributed by atoms with van der Waals surface area (Å²) in [5, 5.41) is 7.02. The summed E-state index contributed by atoms with van der Waals surface area (Å²) < 4.78 is 11.0. The van der Waals surface area contributed by atoms with Gasteiger partial charge in [-0.25, -0.2) is 9.97 Å². The number of ether oxygens (including phenoxy) is 2. The monoisotopic (exact) mass is 531 g/mol. The fourth-order valence-electron chi connectivity index (χ4n) is 4.58. The Kier molecular flexibility index (Phi) is 7.71. The van der Waals surface area contributed by atoms with Gasteiger partial charge >= 0.3 is 0 Å². The lowest BCUT2D eigenvalue weighted by atomic mass is 10.1. The predicted octanol–water partition coefficient (Wildman–Crippen LogP) is 4.42. The number of nitrogens with one attached hydrogen (secondary N) is 2. The Morgan fingerprint density at radius 2 is 1.63 bits per heavy atom. The maximum absolute atomic E-state index is 5.66. The molecule has 0 amide bonds. The number of benzene rings is 2. The van der Waals surface area contributed by atoms with E-state index in [0.717, 1.165) is 72.4 Å². The van der Waals surface area contributed by atoms with Gasteiger partial charge in [-0.3, -0.25) is 10.2 Å². The third-order valence-corrected chi connectivity index (χ3v) is 6.76. The van der Waals surface area contributed by atoms with E-state index in [0.29, 0.717) is 17.0 Å². The van der Waals surface area contributed by atoms with Crippen LogP contribution in [0.4, 0.5) is 11.6 Å². The first-order valence-electron chi connectivity index (χ1n) is 12.7. The van der Waals surface area contributed by atoms with Crippen LogP contribution in [-0.4, -0.2) is 63.8 Å². The Balaban J connectivity index is 1.30. The summed E-state index contributed by atoms with van der Waals surface area (Å²) >= 11 is 5.66. The number of aryl methyl sites for hydroxylation is 4. The molecule has 5 rings (SSSR count). The van der Waals surface area contributed by atoms with Crippen LogP contribution in [-0.2, 0) is 6.54 Å². The van der Waals surface area contributed by atoms with Crippen LogP contribution in [0.15, 0.2) is 47.5 Å². The van der Waals surface area contributed by atoms with Gasteiger partial charge in [0.1, 0.15) is 0 Å². The number of anilines is 2. The lowest BCUT2D eigenvalue weighted by Crippen LogP contribution is -2.50. The molecule has 0 bridgehead atoms. The van der Waals surface area contributed by atoms with E-state index in [1.165, 1.54) is 5.56 Å². The van der Waals surface area contributed by atoms with E-state index in [1.807, 2.05) is 26.0 Å². The SMILES string of the molecule is Cc1ccc(C)c(NC(=S)/N=C(\Nc2nc(C)cc(C)n2)N2CCN(Cc3ccc4c(c3)OCO4)CC2)c1. The number of thiocarbonyl (C=S) groups is 1. The van der Waals surface area contributed by atoms with Crippen LogP contribution >= 0.6 is 12.2 Å². The molecule has 2 aliphatic heterocycles. The Hall–Kier alpha value is -3.76.